The van der Waals surface area contributed by atoms with E-state index in [1.165, 1.54) is 0 Å². The highest BCUT2D eigenvalue weighted by molar-refractivity contribution is 7.92. The second-order valence-electron chi connectivity index (χ2n) is 8.63. The maximum Gasteiger partial charge on any atom is 0.262 e. The molecule has 7 nitrogen and oxygen atoms in total. The van der Waals surface area contributed by atoms with Gasteiger partial charge in [0.05, 0.1) is 28.6 Å². The molecule has 0 fully saturated rings. The fourth-order valence-corrected chi connectivity index (χ4v) is 4.77. The number of nitrogens with one attached hydrogen (secondary N) is 2. The predicted molar refractivity (Wildman–Crippen MR) is 133 cm³/mol. The van der Waals surface area contributed by atoms with Gasteiger partial charge in [-0.25, -0.2) is 8.42 Å². The quantitative estimate of drug-likeness (QED) is 0.412. The summed E-state index contributed by atoms with van der Waals surface area (Å²) in [5.74, 6) is 0.368. The summed E-state index contributed by atoms with van der Waals surface area (Å²) >= 11 is 0. The van der Waals surface area contributed by atoms with Gasteiger partial charge in [-0.15, -0.1) is 0 Å². The van der Waals surface area contributed by atoms with Crippen LogP contribution in [0.25, 0.3) is 11.1 Å². The van der Waals surface area contributed by atoms with Gasteiger partial charge in [0.25, 0.3) is 10.0 Å². The van der Waals surface area contributed by atoms with Crippen LogP contribution in [0, 0.1) is 12.8 Å². The maximum absolute atomic E-state index is 13.1. The van der Waals surface area contributed by atoms with Crippen LogP contribution >= 0.6 is 0 Å². The molecule has 2 N–H and O–H groups in total. The lowest BCUT2D eigenvalue weighted by Crippen LogP contribution is -2.18. The largest absolute Gasteiger partial charge is 0.383 e. The lowest BCUT2D eigenvalue weighted by Gasteiger charge is -2.11. The molecule has 0 spiro atoms. The highest BCUT2D eigenvalue weighted by Crippen LogP contribution is 2.27. The monoisotopic (exact) mass is 470 g/mol. The van der Waals surface area contributed by atoms with Gasteiger partial charge in [-0.05, 0) is 54.2 Å². The average molecular weight is 471 g/mol. The zero-order chi connectivity index (χ0) is 24.0. The minimum absolute atomic E-state index is 0.224. The Balaban J connectivity index is 1.78. The molecule has 3 aromatic rings. The molecule has 0 unspecified atom stereocenters. The third-order valence-corrected chi connectivity index (χ3v) is 6.85. The Morgan fingerprint density at radius 1 is 1.09 bits per heavy atom. The van der Waals surface area contributed by atoms with Crippen LogP contribution in [0.15, 0.2) is 53.4 Å². The third kappa shape index (κ3) is 6.43. The van der Waals surface area contributed by atoms with E-state index in [4.69, 9.17) is 4.74 Å². The van der Waals surface area contributed by atoms with Gasteiger partial charge in [0, 0.05) is 27.2 Å². The second kappa shape index (κ2) is 11.0. The zero-order valence-electron chi connectivity index (χ0n) is 20.1. The molecule has 0 radical (unpaired) electrons. The Morgan fingerprint density at radius 2 is 1.82 bits per heavy atom. The Kier molecular flexibility index (Phi) is 8.29. The average Bonchev–Trinajstić information content (AvgIpc) is 3.03. The van der Waals surface area contributed by atoms with Crippen LogP contribution < -0.4 is 10.0 Å². The number of hydrogen-bond acceptors (Lipinski definition) is 5. The van der Waals surface area contributed by atoms with E-state index in [9.17, 15) is 8.42 Å². The van der Waals surface area contributed by atoms with Gasteiger partial charge in [0.2, 0.25) is 0 Å². The minimum Gasteiger partial charge on any atom is -0.383 e. The Hall–Kier alpha value is -2.68. The lowest BCUT2D eigenvalue weighted by molar-refractivity contribution is 0.199. The van der Waals surface area contributed by atoms with Crippen LogP contribution in [-0.2, 0) is 34.8 Å². The van der Waals surface area contributed by atoms with Crippen molar-refractivity contribution in [2.45, 2.75) is 38.6 Å². The van der Waals surface area contributed by atoms with Crippen LogP contribution in [0.4, 0.5) is 5.69 Å². The molecule has 3 rings (SSSR count). The molecule has 0 aliphatic rings. The van der Waals surface area contributed by atoms with Crippen LogP contribution in [0.2, 0.25) is 0 Å². The normalized spacial score (nSPS) is 11.8. The van der Waals surface area contributed by atoms with Gasteiger partial charge < -0.3 is 10.1 Å². The van der Waals surface area contributed by atoms with Gasteiger partial charge in [0.1, 0.15) is 0 Å². The number of aryl methyl sites for hydroxylation is 1. The summed E-state index contributed by atoms with van der Waals surface area (Å²) in [5.41, 5.74) is 5.30. The highest BCUT2D eigenvalue weighted by atomic mass is 32.2. The topological polar surface area (TPSA) is 85.2 Å². The van der Waals surface area contributed by atoms with Crippen LogP contribution in [-0.4, -0.2) is 38.5 Å². The molecule has 0 atom stereocenters. The fraction of sp³-hybridized carbons (Fsp3) is 0.400. The van der Waals surface area contributed by atoms with Crippen molar-refractivity contribution in [2.24, 2.45) is 13.0 Å². The summed E-state index contributed by atoms with van der Waals surface area (Å²) in [6.45, 7) is 8.25. The van der Waals surface area contributed by atoms with Gasteiger partial charge in [-0.2, -0.15) is 5.10 Å². The molecule has 0 saturated heterocycles. The van der Waals surface area contributed by atoms with Crippen LogP contribution in [0.5, 0.6) is 0 Å². The summed E-state index contributed by atoms with van der Waals surface area (Å²) in [6, 6.07) is 15.2. The van der Waals surface area contributed by atoms with Crippen molar-refractivity contribution >= 4 is 15.7 Å². The first kappa shape index (κ1) is 25.0. The molecule has 1 aromatic heterocycles. The molecule has 2 aromatic carbocycles. The Morgan fingerprint density at radius 3 is 2.48 bits per heavy atom. The number of benzene rings is 2. The van der Waals surface area contributed by atoms with Crippen molar-refractivity contribution in [1.82, 2.24) is 15.1 Å². The van der Waals surface area contributed by atoms with Crippen molar-refractivity contribution in [2.75, 3.05) is 25.0 Å². The number of nitrogens with zero attached hydrogens (tertiary/aromatic N) is 2. The molecule has 8 heteroatoms. The molecule has 0 aliphatic carbocycles. The standard InChI is InChI=1S/C25H34N4O3S/c1-18(2)15-24-25(19(3)29(4)27-24)28-33(30,31)23-11-9-21(10-12-23)22-8-6-7-20(16-22)17-26-13-14-32-5/h6-12,16,18,26,28H,13-15,17H2,1-5H3. The molecule has 0 bridgehead atoms. The smallest absolute Gasteiger partial charge is 0.262 e. The zero-order valence-corrected chi connectivity index (χ0v) is 20.9. The number of aromatic nitrogens is 2. The van der Waals surface area contributed by atoms with E-state index in [0.717, 1.165) is 41.2 Å². The predicted octanol–water partition coefficient (Wildman–Crippen LogP) is 4.13. The summed E-state index contributed by atoms with van der Waals surface area (Å²) in [7, 11) is -0.220. The van der Waals surface area contributed by atoms with Crippen molar-refractivity contribution in [3.63, 3.8) is 0 Å². The molecule has 0 amide bonds. The van der Waals surface area contributed by atoms with Gasteiger partial charge >= 0.3 is 0 Å². The Bertz CT molecular complexity index is 1170. The molecular weight excluding hydrogens is 436 g/mol. The van der Waals surface area contributed by atoms with Crippen molar-refractivity contribution in [1.29, 1.82) is 0 Å². The van der Waals surface area contributed by atoms with E-state index in [2.05, 4.69) is 41.1 Å². The summed E-state index contributed by atoms with van der Waals surface area (Å²) in [5, 5.41) is 7.84. The third-order valence-electron chi connectivity index (χ3n) is 5.48. The number of rotatable bonds is 11. The highest BCUT2D eigenvalue weighted by Gasteiger charge is 2.21. The molecule has 33 heavy (non-hydrogen) atoms. The Labute approximate surface area is 197 Å². The number of sulfonamides is 1. The minimum atomic E-state index is -3.73. The van der Waals surface area contributed by atoms with Crippen molar-refractivity contribution < 1.29 is 13.2 Å². The van der Waals surface area contributed by atoms with Crippen molar-refractivity contribution in [3.8, 4) is 11.1 Å². The molecule has 1 heterocycles. The first-order chi connectivity index (χ1) is 15.7. The number of anilines is 1. The SMILES string of the molecule is COCCNCc1cccc(-c2ccc(S(=O)(=O)Nc3c(CC(C)C)nn(C)c3C)cc2)c1. The van der Waals surface area contributed by atoms with E-state index in [1.54, 1.807) is 23.9 Å². The van der Waals surface area contributed by atoms with E-state index in [0.29, 0.717) is 24.6 Å². The first-order valence-electron chi connectivity index (χ1n) is 11.2. The van der Waals surface area contributed by atoms with Crippen LogP contribution in [0.3, 0.4) is 0 Å². The number of hydrogen-bond donors (Lipinski definition) is 2. The molecule has 178 valence electrons. The molecule has 0 aliphatic heterocycles. The summed E-state index contributed by atoms with van der Waals surface area (Å²) in [6.07, 6.45) is 0.704. The number of ether oxygens (including phenoxy) is 1. The fourth-order valence-electron chi connectivity index (χ4n) is 3.63. The number of methoxy groups -OCH3 is 1. The van der Waals surface area contributed by atoms with E-state index in [-0.39, 0.29) is 4.90 Å². The van der Waals surface area contributed by atoms with Crippen molar-refractivity contribution in [3.05, 3.63) is 65.5 Å². The lowest BCUT2D eigenvalue weighted by atomic mass is 10.0. The van der Waals surface area contributed by atoms with Gasteiger partial charge in [-0.3, -0.25) is 9.40 Å². The molecule has 0 saturated carbocycles. The van der Waals surface area contributed by atoms with E-state index < -0.39 is 10.0 Å². The molecular formula is C25H34N4O3S. The summed E-state index contributed by atoms with van der Waals surface area (Å²) in [4.78, 5) is 0.224. The van der Waals surface area contributed by atoms with E-state index >= 15 is 0 Å². The van der Waals surface area contributed by atoms with Crippen LogP contribution in [0.1, 0.15) is 30.8 Å². The van der Waals surface area contributed by atoms with E-state index in [1.807, 2.05) is 38.2 Å². The van der Waals surface area contributed by atoms with Gasteiger partial charge in [0.15, 0.2) is 0 Å². The maximum atomic E-state index is 13.1. The summed E-state index contributed by atoms with van der Waals surface area (Å²) < 4.78 is 35.8. The van der Waals surface area contributed by atoms with Gasteiger partial charge in [-0.1, -0.05) is 44.2 Å². The second-order valence-corrected chi connectivity index (χ2v) is 10.3. The first-order valence-corrected chi connectivity index (χ1v) is 12.6.